The number of nitrogens with one attached hydrogen (secondary N) is 1. The maximum atomic E-state index is 4.92. The lowest BCUT2D eigenvalue weighted by Crippen LogP contribution is -2.30. The van der Waals surface area contributed by atoms with E-state index in [0.717, 1.165) is 5.71 Å². The van der Waals surface area contributed by atoms with Gasteiger partial charge in [-0.25, -0.2) is 4.99 Å². The van der Waals surface area contributed by atoms with E-state index in [4.69, 9.17) is 12.2 Å². The van der Waals surface area contributed by atoms with Gasteiger partial charge in [0.05, 0.1) is 11.8 Å². The zero-order valence-corrected chi connectivity index (χ0v) is 8.52. The van der Waals surface area contributed by atoms with Crippen molar-refractivity contribution >= 4 is 45.6 Å². The Morgan fingerprint density at radius 3 is 3.18 bits per heavy atom. The molecular formula is C7H5IN2S. The van der Waals surface area contributed by atoms with E-state index in [1.165, 1.54) is 3.58 Å². The molecule has 1 N–H and O–H groups in total. The molecule has 0 aromatic carbocycles. The Morgan fingerprint density at radius 2 is 2.45 bits per heavy atom. The van der Waals surface area contributed by atoms with Gasteiger partial charge in [-0.1, -0.05) is 12.2 Å². The van der Waals surface area contributed by atoms with Crippen LogP contribution in [0.5, 0.6) is 0 Å². The summed E-state index contributed by atoms with van der Waals surface area (Å²) in [5, 5.41) is 3.68. The molecule has 0 amide bonds. The number of nitrogens with zero attached hydrogens (tertiary/aromatic N) is 1. The predicted molar refractivity (Wildman–Crippen MR) is 58.2 cm³/mol. The molecule has 0 saturated heterocycles. The van der Waals surface area contributed by atoms with Crippen molar-refractivity contribution in [2.75, 3.05) is 0 Å². The van der Waals surface area contributed by atoms with Crippen molar-refractivity contribution in [1.29, 1.82) is 0 Å². The number of allylic oxidation sites excluding steroid dienone is 2. The summed E-state index contributed by atoms with van der Waals surface area (Å²) in [6.45, 7) is 0. The molecule has 2 aliphatic rings. The Balaban J connectivity index is 2.43. The zero-order valence-electron chi connectivity index (χ0n) is 5.54. The monoisotopic (exact) mass is 276 g/mol. The molecule has 0 spiro atoms. The summed E-state index contributed by atoms with van der Waals surface area (Å²) < 4.78 is 1.17. The highest BCUT2D eigenvalue weighted by Crippen LogP contribution is 2.20. The van der Waals surface area contributed by atoms with Gasteiger partial charge in [-0.15, -0.1) is 0 Å². The number of hydrogen-bond donors (Lipinski definition) is 1. The number of hydrogen-bond acceptors (Lipinski definition) is 1. The minimum absolute atomic E-state index is 0.222. The molecule has 0 aromatic heterocycles. The van der Waals surface area contributed by atoms with Crippen molar-refractivity contribution in [3.05, 3.63) is 21.8 Å². The molecule has 1 unspecified atom stereocenters. The molecule has 0 aromatic rings. The van der Waals surface area contributed by atoms with Crippen LogP contribution in [0.15, 0.2) is 26.8 Å². The summed E-state index contributed by atoms with van der Waals surface area (Å²) in [4.78, 5) is 4.20. The summed E-state index contributed by atoms with van der Waals surface area (Å²) in [6.07, 6.45) is 6.11. The Hall–Kier alpha value is -0.230. The van der Waals surface area contributed by atoms with Crippen molar-refractivity contribution in [2.45, 2.75) is 6.04 Å². The second-order valence-corrected chi connectivity index (χ2v) is 3.87. The van der Waals surface area contributed by atoms with E-state index in [0.29, 0.717) is 5.11 Å². The largest absolute Gasteiger partial charge is 0.349 e. The molecule has 0 fully saturated rings. The summed E-state index contributed by atoms with van der Waals surface area (Å²) in [5.74, 6) is 0. The van der Waals surface area contributed by atoms with Gasteiger partial charge >= 0.3 is 0 Å². The van der Waals surface area contributed by atoms with Crippen LogP contribution in [-0.4, -0.2) is 16.9 Å². The zero-order chi connectivity index (χ0) is 7.84. The lowest BCUT2D eigenvalue weighted by atomic mass is 10.1. The number of rotatable bonds is 0. The van der Waals surface area contributed by atoms with E-state index < -0.39 is 0 Å². The molecule has 0 saturated carbocycles. The smallest absolute Gasteiger partial charge is 0.193 e. The molecule has 1 heterocycles. The Bertz CT molecular complexity index is 304. The van der Waals surface area contributed by atoms with E-state index >= 15 is 0 Å². The predicted octanol–water partition coefficient (Wildman–Crippen LogP) is 1.57. The van der Waals surface area contributed by atoms with Crippen LogP contribution in [-0.2, 0) is 0 Å². The molecule has 56 valence electrons. The van der Waals surface area contributed by atoms with Gasteiger partial charge in [-0.05, 0) is 40.9 Å². The Labute approximate surface area is 83.6 Å². The minimum Gasteiger partial charge on any atom is -0.349 e. The fourth-order valence-corrected chi connectivity index (χ4v) is 1.98. The van der Waals surface area contributed by atoms with E-state index in [9.17, 15) is 0 Å². The highest BCUT2D eigenvalue weighted by Gasteiger charge is 2.24. The maximum Gasteiger partial charge on any atom is 0.193 e. The van der Waals surface area contributed by atoms with Crippen molar-refractivity contribution in [3.8, 4) is 0 Å². The van der Waals surface area contributed by atoms with Crippen molar-refractivity contribution in [2.24, 2.45) is 4.99 Å². The molecule has 0 radical (unpaired) electrons. The fraction of sp³-hybridized carbons (Fsp3) is 0.143. The third-order valence-corrected chi connectivity index (χ3v) is 2.71. The quantitative estimate of drug-likeness (QED) is 0.536. The lowest BCUT2D eigenvalue weighted by molar-refractivity contribution is 0.964. The first kappa shape index (κ1) is 7.42. The second-order valence-electron chi connectivity index (χ2n) is 2.32. The summed E-state index contributed by atoms with van der Waals surface area (Å²) in [7, 11) is 0. The molecule has 1 atom stereocenters. The van der Waals surface area contributed by atoms with Crippen molar-refractivity contribution < 1.29 is 0 Å². The normalized spacial score (nSPS) is 27.4. The molecule has 1 aliphatic heterocycles. The van der Waals surface area contributed by atoms with Crippen LogP contribution in [0.3, 0.4) is 0 Å². The van der Waals surface area contributed by atoms with Crippen LogP contribution in [0.4, 0.5) is 0 Å². The van der Waals surface area contributed by atoms with Gasteiger partial charge in [-0.3, -0.25) is 0 Å². The molecule has 4 heteroatoms. The van der Waals surface area contributed by atoms with E-state index in [-0.39, 0.29) is 6.04 Å². The molecule has 1 aliphatic carbocycles. The number of halogens is 1. The maximum absolute atomic E-state index is 4.92. The first-order valence-electron chi connectivity index (χ1n) is 3.21. The highest BCUT2D eigenvalue weighted by atomic mass is 127. The lowest BCUT2D eigenvalue weighted by Gasteiger charge is -2.10. The van der Waals surface area contributed by atoms with Crippen molar-refractivity contribution in [3.63, 3.8) is 0 Å². The number of thiocarbonyl (C=S) groups is 1. The van der Waals surface area contributed by atoms with Gasteiger partial charge in [-0.2, -0.15) is 0 Å². The third kappa shape index (κ3) is 1.24. The van der Waals surface area contributed by atoms with Gasteiger partial charge in [0.15, 0.2) is 5.11 Å². The van der Waals surface area contributed by atoms with Crippen molar-refractivity contribution in [1.82, 2.24) is 5.32 Å². The average molecular weight is 276 g/mol. The molecule has 0 bridgehead atoms. The molecule has 11 heavy (non-hydrogen) atoms. The van der Waals surface area contributed by atoms with E-state index in [1.54, 1.807) is 0 Å². The Morgan fingerprint density at radius 1 is 1.64 bits per heavy atom. The van der Waals surface area contributed by atoms with Crippen LogP contribution in [0, 0.1) is 0 Å². The third-order valence-electron chi connectivity index (χ3n) is 1.59. The van der Waals surface area contributed by atoms with Crippen LogP contribution >= 0.6 is 34.8 Å². The van der Waals surface area contributed by atoms with Gasteiger partial charge in [0.25, 0.3) is 0 Å². The second kappa shape index (κ2) is 2.67. The van der Waals surface area contributed by atoms with Crippen LogP contribution in [0.25, 0.3) is 0 Å². The average Bonchev–Trinajstić information content (AvgIpc) is 2.31. The topological polar surface area (TPSA) is 24.4 Å². The standard InChI is InChI=1S/C7H5IN2S/c8-4-2-1-3-5-6(4)10-7(11)9-5/h1-3,5H,(H,9,11). The van der Waals surface area contributed by atoms with Crippen LogP contribution < -0.4 is 5.32 Å². The van der Waals surface area contributed by atoms with Gasteiger partial charge in [0.2, 0.25) is 0 Å². The van der Waals surface area contributed by atoms with Crippen LogP contribution in [0.1, 0.15) is 0 Å². The fourth-order valence-electron chi connectivity index (χ4n) is 1.09. The van der Waals surface area contributed by atoms with Crippen LogP contribution in [0.2, 0.25) is 0 Å². The number of fused-ring (bicyclic) bond motifs is 1. The minimum atomic E-state index is 0.222. The molecule has 2 nitrogen and oxygen atoms in total. The Kier molecular flexibility index (Phi) is 1.80. The van der Waals surface area contributed by atoms with E-state index in [2.05, 4.69) is 39.0 Å². The van der Waals surface area contributed by atoms with Gasteiger partial charge in [0.1, 0.15) is 0 Å². The summed E-state index contributed by atoms with van der Waals surface area (Å²) >= 11 is 7.19. The first-order valence-corrected chi connectivity index (χ1v) is 4.69. The van der Waals surface area contributed by atoms with Gasteiger partial charge in [0, 0.05) is 3.58 Å². The summed E-state index contributed by atoms with van der Waals surface area (Å²) in [6, 6.07) is 0.222. The summed E-state index contributed by atoms with van der Waals surface area (Å²) in [5.41, 5.74) is 1.05. The highest BCUT2D eigenvalue weighted by molar-refractivity contribution is 14.1. The molecule has 2 rings (SSSR count). The molecular weight excluding hydrogens is 271 g/mol. The number of aliphatic imine (C=N–C) groups is 1. The van der Waals surface area contributed by atoms with Gasteiger partial charge < -0.3 is 5.32 Å². The first-order chi connectivity index (χ1) is 5.27. The van der Waals surface area contributed by atoms with E-state index in [1.807, 2.05) is 12.2 Å². The SMILES string of the molecule is S=C1N=C2C(I)=CC=CC2N1.